The van der Waals surface area contributed by atoms with Crippen molar-refractivity contribution in [2.45, 2.75) is 26.0 Å². The fraction of sp³-hybridized carbons (Fsp3) is 0.556. The van der Waals surface area contributed by atoms with Crippen LogP contribution in [0.15, 0.2) is 16.9 Å². The molecule has 0 aromatic carbocycles. The van der Waals surface area contributed by atoms with Crippen molar-refractivity contribution in [2.24, 2.45) is 0 Å². The van der Waals surface area contributed by atoms with Crippen LogP contribution >= 0.6 is 0 Å². The second-order valence-electron chi connectivity index (χ2n) is 3.03. The summed E-state index contributed by atoms with van der Waals surface area (Å²) >= 11 is 0. The molecule has 2 atom stereocenters. The minimum Gasteiger partial charge on any atom is -0.472 e. The Kier molecular flexibility index (Phi) is 2.89. The topological polar surface area (TPSA) is 45.4 Å². The zero-order chi connectivity index (χ0) is 9.14. The Morgan fingerprint density at radius 3 is 2.58 bits per heavy atom. The van der Waals surface area contributed by atoms with E-state index in [2.05, 4.69) is 5.32 Å². The average Bonchev–Trinajstić information content (AvgIpc) is 2.48. The number of aliphatic hydroxyl groups is 1. The first-order valence-corrected chi connectivity index (χ1v) is 4.04. The number of aliphatic hydroxyl groups excluding tert-OH is 1. The quantitative estimate of drug-likeness (QED) is 0.715. The van der Waals surface area contributed by atoms with Crippen molar-refractivity contribution in [2.75, 3.05) is 7.05 Å². The summed E-state index contributed by atoms with van der Waals surface area (Å²) in [7, 11) is 1.82. The summed E-state index contributed by atoms with van der Waals surface area (Å²) in [6, 6.07) is 0.0429. The Bertz CT molecular complexity index is 244. The molecule has 0 fully saturated rings. The summed E-state index contributed by atoms with van der Waals surface area (Å²) in [5.74, 6) is 0. The van der Waals surface area contributed by atoms with Crippen LogP contribution in [0.25, 0.3) is 0 Å². The van der Waals surface area contributed by atoms with E-state index in [-0.39, 0.29) is 6.04 Å². The first-order valence-electron chi connectivity index (χ1n) is 4.04. The largest absolute Gasteiger partial charge is 0.472 e. The van der Waals surface area contributed by atoms with Gasteiger partial charge < -0.3 is 14.8 Å². The van der Waals surface area contributed by atoms with Gasteiger partial charge in [-0.25, -0.2) is 0 Å². The van der Waals surface area contributed by atoms with Crippen LogP contribution in [0.3, 0.4) is 0 Å². The fourth-order valence-electron chi connectivity index (χ4n) is 1.10. The minimum atomic E-state index is -0.492. The Morgan fingerprint density at radius 1 is 1.50 bits per heavy atom. The first kappa shape index (κ1) is 9.29. The molecule has 12 heavy (non-hydrogen) atoms. The number of likely N-dealkylation sites (N-methyl/N-ethyl adjacent to an activating group) is 1. The monoisotopic (exact) mass is 169 g/mol. The highest BCUT2D eigenvalue weighted by Crippen LogP contribution is 2.20. The summed E-state index contributed by atoms with van der Waals surface area (Å²) < 4.78 is 4.97. The zero-order valence-corrected chi connectivity index (χ0v) is 7.66. The van der Waals surface area contributed by atoms with Crippen molar-refractivity contribution in [1.29, 1.82) is 0 Å². The molecule has 68 valence electrons. The summed E-state index contributed by atoms with van der Waals surface area (Å²) in [4.78, 5) is 0. The molecule has 0 aliphatic carbocycles. The lowest BCUT2D eigenvalue weighted by Gasteiger charge is -2.17. The Morgan fingerprint density at radius 2 is 2.17 bits per heavy atom. The lowest BCUT2D eigenvalue weighted by atomic mass is 10.0. The Hall–Kier alpha value is -0.800. The molecule has 0 aliphatic heterocycles. The van der Waals surface area contributed by atoms with E-state index in [9.17, 15) is 5.11 Å². The highest BCUT2D eigenvalue weighted by molar-refractivity contribution is 5.22. The third-order valence-corrected chi connectivity index (χ3v) is 2.14. The van der Waals surface area contributed by atoms with Crippen LogP contribution < -0.4 is 5.32 Å². The molecule has 1 aromatic heterocycles. The predicted molar refractivity (Wildman–Crippen MR) is 46.9 cm³/mol. The van der Waals surface area contributed by atoms with Crippen LogP contribution in [0.4, 0.5) is 0 Å². The van der Waals surface area contributed by atoms with E-state index in [0.29, 0.717) is 0 Å². The van der Waals surface area contributed by atoms with Crippen LogP contribution in [-0.4, -0.2) is 18.2 Å². The van der Waals surface area contributed by atoms with Crippen LogP contribution in [0.2, 0.25) is 0 Å². The van der Waals surface area contributed by atoms with Crippen LogP contribution in [0.1, 0.15) is 24.2 Å². The molecule has 1 heterocycles. The van der Waals surface area contributed by atoms with Crippen molar-refractivity contribution < 1.29 is 9.52 Å². The Labute approximate surface area is 72.4 Å². The number of nitrogens with one attached hydrogen (secondary N) is 1. The molecule has 0 aliphatic rings. The highest BCUT2D eigenvalue weighted by Gasteiger charge is 2.17. The van der Waals surface area contributed by atoms with Gasteiger partial charge in [0.2, 0.25) is 0 Å². The molecule has 1 unspecified atom stereocenters. The van der Waals surface area contributed by atoms with Gasteiger partial charge in [0.25, 0.3) is 0 Å². The van der Waals surface area contributed by atoms with Gasteiger partial charge in [0.05, 0.1) is 18.6 Å². The third kappa shape index (κ3) is 1.68. The van der Waals surface area contributed by atoms with Gasteiger partial charge in [0.15, 0.2) is 0 Å². The smallest absolute Gasteiger partial charge is 0.0973 e. The van der Waals surface area contributed by atoms with Crippen molar-refractivity contribution >= 4 is 0 Å². The first-order chi connectivity index (χ1) is 5.66. The second-order valence-corrected chi connectivity index (χ2v) is 3.03. The molecule has 0 saturated carbocycles. The summed E-state index contributed by atoms with van der Waals surface area (Å²) in [6.07, 6.45) is 2.74. The second kappa shape index (κ2) is 3.74. The standard InChI is InChI=1S/C9H15NO2/c1-6-4-12-5-8(6)9(11)7(2)10-3/h4-5,7,9-11H,1-3H3/t7-,9?/m0/s1. The van der Waals surface area contributed by atoms with Gasteiger partial charge in [-0.05, 0) is 26.5 Å². The summed E-state index contributed by atoms with van der Waals surface area (Å²) in [6.45, 7) is 3.85. The van der Waals surface area contributed by atoms with E-state index in [4.69, 9.17) is 4.42 Å². The zero-order valence-electron chi connectivity index (χ0n) is 7.66. The van der Waals surface area contributed by atoms with E-state index >= 15 is 0 Å². The molecule has 1 aromatic rings. The molecule has 0 radical (unpaired) electrons. The molecule has 3 heteroatoms. The lowest BCUT2D eigenvalue weighted by molar-refractivity contribution is 0.139. The molecule has 0 amide bonds. The molecular weight excluding hydrogens is 154 g/mol. The van der Waals surface area contributed by atoms with Crippen molar-refractivity contribution in [3.05, 3.63) is 23.7 Å². The van der Waals surface area contributed by atoms with Gasteiger partial charge in [0.1, 0.15) is 0 Å². The van der Waals surface area contributed by atoms with E-state index < -0.39 is 6.10 Å². The van der Waals surface area contributed by atoms with Crippen LogP contribution in [0, 0.1) is 6.92 Å². The van der Waals surface area contributed by atoms with E-state index in [1.807, 2.05) is 20.9 Å². The van der Waals surface area contributed by atoms with Gasteiger partial charge in [0, 0.05) is 11.6 Å². The molecular formula is C9H15NO2. The SMILES string of the molecule is CN[C@@H](C)C(O)c1cocc1C. The lowest BCUT2D eigenvalue weighted by Crippen LogP contribution is -2.28. The number of aryl methyl sites for hydroxylation is 1. The van der Waals surface area contributed by atoms with Gasteiger partial charge in [-0.3, -0.25) is 0 Å². The number of rotatable bonds is 3. The summed E-state index contributed by atoms with van der Waals surface area (Å²) in [5, 5.41) is 12.7. The average molecular weight is 169 g/mol. The van der Waals surface area contributed by atoms with Crippen molar-refractivity contribution in [3.63, 3.8) is 0 Å². The third-order valence-electron chi connectivity index (χ3n) is 2.14. The maximum Gasteiger partial charge on any atom is 0.0973 e. The number of furan rings is 1. The number of hydrogen-bond acceptors (Lipinski definition) is 3. The van der Waals surface area contributed by atoms with E-state index in [1.165, 1.54) is 0 Å². The molecule has 1 rings (SSSR count). The molecule has 0 spiro atoms. The molecule has 0 saturated heterocycles. The fourth-order valence-corrected chi connectivity index (χ4v) is 1.10. The van der Waals surface area contributed by atoms with Crippen LogP contribution in [-0.2, 0) is 0 Å². The highest BCUT2D eigenvalue weighted by atomic mass is 16.3. The van der Waals surface area contributed by atoms with Gasteiger partial charge in [-0.2, -0.15) is 0 Å². The summed E-state index contributed by atoms with van der Waals surface area (Å²) in [5.41, 5.74) is 1.85. The van der Waals surface area contributed by atoms with Crippen LogP contribution in [0.5, 0.6) is 0 Å². The maximum absolute atomic E-state index is 9.74. The normalized spacial score (nSPS) is 16.0. The maximum atomic E-state index is 9.74. The molecule has 2 N–H and O–H groups in total. The van der Waals surface area contributed by atoms with Gasteiger partial charge in [-0.1, -0.05) is 0 Å². The molecule has 3 nitrogen and oxygen atoms in total. The number of hydrogen-bond donors (Lipinski definition) is 2. The molecule has 0 bridgehead atoms. The van der Waals surface area contributed by atoms with Crippen molar-refractivity contribution in [3.8, 4) is 0 Å². The van der Waals surface area contributed by atoms with Crippen molar-refractivity contribution in [1.82, 2.24) is 5.32 Å². The predicted octanol–water partition coefficient (Wildman–Crippen LogP) is 1.23. The van der Waals surface area contributed by atoms with Gasteiger partial charge >= 0.3 is 0 Å². The minimum absolute atomic E-state index is 0.0429. The Balaban J connectivity index is 2.77. The van der Waals surface area contributed by atoms with Gasteiger partial charge in [-0.15, -0.1) is 0 Å². The van der Waals surface area contributed by atoms with E-state index in [1.54, 1.807) is 12.5 Å². The van der Waals surface area contributed by atoms with E-state index in [0.717, 1.165) is 11.1 Å².